The third-order valence-corrected chi connectivity index (χ3v) is 5.07. The lowest BCUT2D eigenvalue weighted by Gasteiger charge is -2.40. The van der Waals surface area contributed by atoms with Crippen LogP contribution in [0.3, 0.4) is 0 Å². The lowest BCUT2D eigenvalue weighted by molar-refractivity contribution is 0.121. The van der Waals surface area contributed by atoms with Crippen molar-refractivity contribution >= 4 is 23.2 Å². The van der Waals surface area contributed by atoms with E-state index in [-0.39, 0.29) is 0 Å². The molecule has 3 heteroatoms. The van der Waals surface area contributed by atoms with Gasteiger partial charge in [0.2, 0.25) is 0 Å². The van der Waals surface area contributed by atoms with Crippen LogP contribution >= 0.6 is 23.2 Å². The lowest BCUT2D eigenvalue weighted by Crippen LogP contribution is -2.35. The molecule has 2 N–H and O–H groups in total. The van der Waals surface area contributed by atoms with Gasteiger partial charge in [0, 0.05) is 10.0 Å². The van der Waals surface area contributed by atoms with Crippen LogP contribution < -0.4 is 5.73 Å². The molecule has 1 fully saturated rings. The second-order valence-corrected chi connectivity index (χ2v) is 7.45. The van der Waals surface area contributed by atoms with Crippen LogP contribution in [0.2, 0.25) is 10.0 Å². The highest BCUT2D eigenvalue weighted by atomic mass is 35.5. The zero-order chi connectivity index (χ0) is 14.0. The van der Waals surface area contributed by atoms with E-state index in [2.05, 4.69) is 13.8 Å². The summed E-state index contributed by atoms with van der Waals surface area (Å²) in [6.45, 7) is 5.48. The molecular formula is C16H23Cl2N. The monoisotopic (exact) mass is 299 g/mol. The third-order valence-electron chi connectivity index (χ3n) is 4.47. The van der Waals surface area contributed by atoms with Crippen LogP contribution in [0.5, 0.6) is 0 Å². The van der Waals surface area contributed by atoms with Crippen molar-refractivity contribution in [3.8, 4) is 0 Å². The molecule has 1 aliphatic rings. The average molecular weight is 300 g/mol. The standard InChI is InChI=1S/C16H23Cl2N/c1-16(2)6-5-11(10-19)13(9-16)7-12-8-14(17)3-4-15(12)18/h3-4,8,11,13H,5-7,9-10,19H2,1-2H3. The first-order valence-electron chi connectivity index (χ1n) is 7.05. The first-order valence-corrected chi connectivity index (χ1v) is 7.81. The van der Waals surface area contributed by atoms with E-state index >= 15 is 0 Å². The summed E-state index contributed by atoms with van der Waals surface area (Å²) in [6, 6.07) is 5.74. The van der Waals surface area contributed by atoms with Crippen molar-refractivity contribution in [3.63, 3.8) is 0 Å². The summed E-state index contributed by atoms with van der Waals surface area (Å²) >= 11 is 12.4. The van der Waals surface area contributed by atoms with Gasteiger partial charge in [0.05, 0.1) is 0 Å². The second kappa shape index (κ2) is 6.03. The number of hydrogen-bond donors (Lipinski definition) is 1. The van der Waals surface area contributed by atoms with Gasteiger partial charge < -0.3 is 5.73 Å². The quantitative estimate of drug-likeness (QED) is 0.841. The van der Waals surface area contributed by atoms with Crippen molar-refractivity contribution < 1.29 is 0 Å². The minimum Gasteiger partial charge on any atom is -0.330 e. The molecule has 2 rings (SSSR count). The third kappa shape index (κ3) is 3.87. The number of benzene rings is 1. The maximum Gasteiger partial charge on any atom is 0.0439 e. The lowest BCUT2D eigenvalue weighted by atomic mass is 9.65. The van der Waals surface area contributed by atoms with Crippen molar-refractivity contribution in [2.45, 2.75) is 39.5 Å². The zero-order valence-electron chi connectivity index (χ0n) is 11.8. The van der Waals surface area contributed by atoms with E-state index in [1.165, 1.54) is 19.3 Å². The molecule has 1 aromatic carbocycles. The van der Waals surface area contributed by atoms with Crippen LogP contribution in [0.4, 0.5) is 0 Å². The molecule has 106 valence electrons. The SMILES string of the molecule is CC1(C)CCC(CN)C(Cc2cc(Cl)ccc2Cl)C1. The van der Waals surface area contributed by atoms with Crippen LogP contribution in [-0.4, -0.2) is 6.54 Å². The van der Waals surface area contributed by atoms with Gasteiger partial charge in [-0.3, -0.25) is 0 Å². The normalized spacial score (nSPS) is 26.4. The minimum absolute atomic E-state index is 0.418. The Bertz CT molecular complexity index is 442. The van der Waals surface area contributed by atoms with Crippen LogP contribution in [-0.2, 0) is 6.42 Å². The van der Waals surface area contributed by atoms with E-state index < -0.39 is 0 Å². The van der Waals surface area contributed by atoms with Gasteiger partial charge in [0.25, 0.3) is 0 Å². The molecule has 0 saturated heterocycles. The molecule has 1 saturated carbocycles. The first-order chi connectivity index (χ1) is 8.91. The number of nitrogens with two attached hydrogens (primary N) is 1. The van der Waals surface area contributed by atoms with Crippen LogP contribution in [0.25, 0.3) is 0 Å². The van der Waals surface area contributed by atoms with E-state index in [1.54, 1.807) is 0 Å². The Balaban J connectivity index is 2.16. The highest BCUT2D eigenvalue weighted by Gasteiger charge is 2.34. The molecule has 2 unspecified atom stereocenters. The smallest absolute Gasteiger partial charge is 0.0439 e. The first kappa shape index (κ1) is 15.2. The minimum atomic E-state index is 0.418. The molecule has 0 amide bonds. The summed E-state index contributed by atoms with van der Waals surface area (Å²) in [5, 5.41) is 1.59. The van der Waals surface area contributed by atoms with Gasteiger partial charge in [-0.05, 0) is 73.2 Å². The largest absolute Gasteiger partial charge is 0.330 e. The number of hydrogen-bond acceptors (Lipinski definition) is 1. The molecule has 19 heavy (non-hydrogen) atoms. The molecule has 0 bridgehead atoms. The van der Waals surface area contributed by atoms with Crippen LogP contribution in [0.15, 0.2) is 18.2 Å². The van der Waals surface area contributed by atoms with Gasteiger partial charge in [-0.25, -0.2) is 0 Å². The van der Waals surface area contributed by atoms with Gasteiger partial charge in [-0.2, -0.15) is 0 Å². The Hall–Kier alpha value is -0.240. The molecule has 1 nitrogen and oxygen atoms in total. The summed E-state index contributed by atoms with van der Waals surface area (Å²) in [5.41, 5.74) is 7.53. The van der Waals surface area contributed by atoms with E-state index in [9.17, 15) is 0 Å². The van der Waals surface area contributed by atoms with E-state index in [4.69, 9.17) is 28.9 Å². The second-order valence-electron chi connectivity index (χ2n) is 6.60. The predicted octanol–water partition coefficient (Wildman–Crippen LogP) is 4.94. The summed E-state index contributed by atoms with van der Waals surface area (Å²) < 4.78 is 0. The van der Waals surface area contributed by atoms with Crippen LogP contribution in [0.1, 0.15) is 38.7 Å². The molecule has 1 aromatic rings. The van der Waals surface area contributed by atoms with Gasteiger partial charge in [0.15, 0.2) is 0 Å². The van der Waals surface area contributed by atoms with Crippen molar-refractivity contribution in [3.05, 3.63) is 33.8 Å². The number of halogens is 2. The molecule has 0 radical (unpaired) electrons. The molecule has 0 aliphatic heterocycles. The Morgan fingerprint density at radius 2 is 2.00 bits per heavy atom. The maximum atomic E-state index is 6.29. The highest BCUT2D eigenvalue weighted by molar-refractivity contribution is 6.33. The number of rotatable bonds is 3. The van der Waals surface area contributed by atoms with Gasteiger partial charge in [-0.15, -0.1) is 0 Å². The fraction of sp³-hybridized carbons (Fsp3) is 0.625. The fourth-order valence-electron chi connectivity index (χ4n) is 3.32. The zero-order valence-corrected chi connectivity index (χ0v) is 13.3. The van der Waals surface area contributed by atoms with Crippen LogP contribution in [0, 0.1) is 17.3 Å². The molecular weight excluding hydrogens is 277 g/mol. The Kier molecular flexibility index (Phi) is 4.81. The van der Waals surface area contributed by atoms with Gasteiger partial charge in [0.1, 0.15) is 0 Å². The van der Waals surface area contributed by atoms with Gasteiger partial charge in [-0.1, -0.05) is 37.0 Å². The van der Waals surface area contributed by atoms with E-state index in [0.29, 0.717) is 17.3 Å². The van der Waals surface area contributed by atoms with Crippen molar-refractivity contribution in [1.29, 1.82) is 0 Å². The van der Waals surface area contributed by atoms with Gasteiger partial charge >= 0.3 is 0 Å². The summed E-state index contributed by atoms with van der Waals surface area (Å²) in [6.07, 6.45) is 4.71. The molecule has 0 aromatic heterocycles. The molecule has 2 atom stereocenters. The fourth-order valence-corrected chi connectivity index (χ4v) is 3.71. The predicted molar refractivity (Wildman–Crippen MR) is 83.8 cm³/mol. The Morgan fingerprint density at radius 3 is 2.68 bits per heavy atom. The Labute approximate surface area is 126 Å². The van der Waals surface area contributed by atoms with Crippen molar-refractivity contribution in [1.82, 2.24) is 0 Å². The Morgan fingerprint density at radius 1 is 1.26 bits per heavy atom. The molecule has 0 spiro atoms. The highest BCUT2D eigenvalue weighted by Crippen LogP contribution is 2.43. The summed E-state index contributed by atoms with van der Waals surface area (Å²) in [4.78, 5) is 0. The summed E-state index contributed by atoms with van der Waals surface area (Å²) in [5.74, 6) is 1.23. The van der Waals surface area contributed by atoms with E-state index in [0.717, 1.165) is 28.6 Å². The summed E-state index contributed by atoms with van der Waals surface area (Å²) in [7, 11) is 0. The molecule has 0 heterocycles. The maximum absolute atomic E-state index is 6.29. The molecule has 1 aliphatic carbocycles. The van der Waals surface area contributed by atoms with E-state index in [1.807, 2.05) is 18.2 Å². The van der Waals surface area contributed by atoms with Crippen molar-refractivity contribution in [2.75, 3.05) is 6.54 Å². The average Bonchev–Trinajstić information content (AvgIpc) is 2.33. The topological polar surface area (TPSA) is 26.0 Å². The van der Waals surface area contributed by atoms with Crippen molar-refractivity contribution in [2.24, 2.45) is 23.0 Å².